The molecule has 0 saturated heterocycles. The molecule has 1 aliphatic rings. The fourth-order valence-corrected chi connectivity index (χ4v) is 12.1. The summed E-state index contributed by atoms with van der Waals surface area (Å²) in [7, 11) is -2.08. The first kappa shape index (κ1) is 30.1. The van der Waals surface area contributed by atoms with Crippen LogP contribution in [0.15, 0.2) is 170 Å². The Labute approximate surface area is 308 Å². The highest BCUT2D eigenvalue weighted by Gasteiger charge is 2.41. The molecule has 0 N–H and O–H groups in total. The largest absolute Gasteiger partial charge is 0.309 e. The molecule has 0 aliphatic carbocycles. The van der Waals surface area contributed by atoms with Gasteiger partial charge in [0.15, 0.2) is 5.82 Å². The van der Waals surface area contributed by atoms with E-state index < -0.39 is 8.07 Å². The Bertz CT molecular complexity index is 3070. The molecule has 0 unspecified atom stereocenters. The lowest BCUT2D eigenvalue weighted by molar-refractivity contribution is 1.16. The van der Waals surface area contributed by atoms with Gasteiger partial charge in [0.2, 0.25) is 0 Å². The van der Waals surface area contributed by atoms with Gasteiger partial charge in [0.25, 0.3) is 0 Å². The molecule has 4 heterocycles. The van der Waals surface area contributed by atoms with Gasteiger partial charge in [-0.25, -0.2) is 9.97 Å². The summed E-state index contributed by atoms with van der Waals surface area (Å²) in [5, 5.41) is 7.76. The zero-order valence-corrected chi connectivity index (χ0v) is 30.5. The molecule has 10 aromatic rings. The molecule has 53 heavy (non-hydrogen) atoms. The van der Waals surface area contributed by atoms with Crippen LogP contribution in [0.5, 0.6) is 0 Å². The molecule has 0 amide bonds. The lowest BCUT2D eigenvalue weighted by Crippen LogP contribution is -2.50. The van der Waals surface area contributed by atoms with Gasteiger partial charge >= 0.3 is 0 Å². The Kier molecular flexibility index (Phi) is 6.37. The number of aromatic nitrogens is 4. The summed E-state index contributed by atoms with van der Waals surface area (Å²) in [4.78, 5) is 10.6. The predicted molar refractivity (Wildman–Crippen MR) is 224 cm³/mol. The van der Waals surface area contributed by atoms with Crippen molar-refractivity contribution in [1.29, 1.82) is 0 Å². The maximum atomic E-state index is 5.36. The van der Waals surface area contributed by atoms with Crippen molar-refractivity contribution < 1.29 is 0 Å². The van der Waals surface area contributed by atoms with E-state index >= 15 is 0 Å². The van der Waals surface area contributed by atoms with E-state index in [2.05, 4.69) is 186 Å². The average molecular weight is 695 g/mol. The molecule has 5 heteroatoms. The second-order valence-electron chi connectivity index (χ2n) is 14.6. The van der Waals surface area contributed by atoms with E-state index in [1.807, 2.05) is 6.07 Å². The molecule has 1 aliphatic heterocycles. The first-order valence-corrected chi connectivity index (χ1v) is 21.3. The van der Waals surface area contributed by atoms with E-state index in [0.717, 1.165) is 39.7 Å². The molecular weight excluding hydrogens is 661 g/mol. The average Bonchev–Trinajstić information content (AvgIpc) is 3.80. The predicted octanol–water partition coefficient (Wildman–Crippen LogP) is 10.8. The Morgan fingerprint density at radius 3 is 1.60 bits per heavy atom. The summed E-state index contributed by atoms with van der Waals surface area (Å²) in [6, 6.07) is 61.3. The summed E-state index contributed by atoms with van der Waals surface area (Å²) < 4.78 is 4.83. The minimum atomic E-state index is -2.08. The highest BCUT2D eigenvalue weighted by Crippen LogP contribution is 2.40. The molecule has 3 aromatic heterocycles. The number of hydrogen-bond donors (Lipinski definition) is 0. The van der Waals surface area contributed by atoms with Crippen LogP contribution in [0.25, 0.3) is 88.9 Å². The van der Waals surface area contributed by atoms with Gasteiger partial charge in [0, 0.05) is 44.0 Å². The topological polar surface area (TPSA) is 35.6 Å². The molecule has 0 fully saturated rings. The normalized spacial score (nSPS) is 13.2. The van der Waals surface area contributed by atoms with Crippen molar-refractivity contribution >= 4 is 62.1 Å². The summed E-state index contributed by atoms with van der Waals surface area (Å²) in [6.45, 7) is 4.88. The van der Waals surface area contributed by atoms with Crippen LogP contribution in [-0.2, 0) is 0 Å². The third kappa shape index (κ3) is 4.35. The van der Waals surface area contributed by atoms with Gasteiger partial charge in [-0.15, -0.1) is 0 Å². The van der Waals surface area contributed by atoms with E-state index in [9.17, 15) is 0 Å². The maximum Gasteiger partial charge on any atom is 0.160 e. The first-order chi connectivity index (χ1) is 26.1. The van der Waals surface area contributed by atoms with Crippen molar-refractivity contribution in [1.82, 2.24) is 19.1 Å². The number of para-hydroxylation sites is 3. The van der Waals surface area contributed by atoms with E-state index in [1.54, 1.807) is 0 Å². The van der Waals surface area contributed by atoms with E-state index in [-0.39, 0.29) is 0 Å². The fourth-order valence-electron chi connectivity index (χ4n) is 8.87. The molecule has 0 atom stereocenters. The van der Waals surface area contributed by atoms with Gasteiger partial charge in [-0.2, -0.15) is 0 Å². The zero-order valence-electron chi connectivity index (χ0n) is 29.5. The van der Waals surface area contributed by atoms with Crippen molar-refractivity contribution in [2.45, 2.75) is 13.1 Å². The quantitative estimate of drug-likeness (QED) is 0.172. The highest BCUT2D eigenvalue weighted by molar-refractivity contribution is 7.04. The molecule has 11 rings (SSSR count). The molecule has 7 aromatic carbocycles. The van der Waals surface area contributed by atoms with Crippen molar-refractivity contribution in [2.24, 2.45) is 0 Å². The second-order valence-corrected chi connectivity index (χ2v) is 18.9. The monoisotopic (exact) mass is 694 g/mol. The van der Waals surface area contributed by atoms with E-state index in [4.69, 9.17) is 9.97 Å². The third-order valence-corrected chi connectivity index (χ3v) is 14.8. The lowest BCUT2D eigenvalue weighted by Gasteiger charge is -2.21. The molecular formula is C48H34N4Si. The number of fused-ring (bicyclic) bond motifs is 9. The van der Waals surface area contributed by atoms with Gasteiger partial charge in [0.1, 0.15) is 8.07 Å². The smallest absolute Gasteiger partial charge is 0.160 e. The SMILES string of the molecule is C[Si]1(C)c2ccccc2-c2nc(-c3ccccc3)nc(-c3ccc(-n4c5ccccc5c5cc6c7ccccc7n(-c7ccccc7)c6cc54)cc3)c21. The van der Waals surface area contributed by atoms with Crippen LogP contribution < -0.4 is 10.4 Å². The van der Waals surface area contributed by atoms with Crippen LogP contribution >= 0.6 is 0 Å². The fraction of sp³-hybridized carbons (Fsp3) is 0.0417. The van der Waals surface area contributed by atoms with Crippen LogP contribution in [-0.4, -0.2) is 27.2 Å². The molecule has 4 nitrogen and oxygen atoms in total. The zero-order chi connectivity index (χ0) is 35.3. The maximum absolute atomic E-state index is 5.36. The van der Waals surface area contributed by atoms with E-state index in [0.29, 0.717) is 0 Å². The van der Waals surface area contributed by atoms with Gasteiger partial charge in [-0.1, -0.05) is 134 Å². The van der Waals surface area contributed by atoms with Crippen LogP contribution in [0.2, 0.25) is 13.1 Å². The first-order valence-electron chi connectivity index (χ1n) is 18.3. The Balaban J connectivity index is 1.14. The number of nitrogens with zero attached hydrogens (tertiary/aromatic N) is 4. The summed E-state index contributed by atoms with van der Waals surface area (Å²) in [5.74, 6) is 0.769. The number of rotatable bonds is 4. The lowest BCUT2D eigenvalue weighted by atomic mass is 10.1. The Morgan fingerprint density at radius 2 is 0.943 bits per heavy atom. The molecule has 0 spiro atoms. The summed E-state index contributed by atoms with van der Waals surface area (Å²) in [5.41, 5.74) is 12.6. The van der Waals surface area contributed by atoms with Crippen LogP contribution in [0.1, 0.15) is 0 Å². The Hall–Kier alpha value is -6.56. The number of hydrogen-bond acceptors (Lipinski definition) is 2. The minimum absolute atomic E-state index is 0.769. The second kappa shape index (κ2) is 11.2. The summed E-state index contributed by atoms with van der Waals surface area (Å²) in [6.07, 6.45) is 0. The van der Waals surface area contributed by atoms with Crippen LogP contribution in [0.4, 0.5) is 0 Å². The number of benzene rings is 7. The van der Waals surface area contributed by atoms with Gasteiger partial charge in [-0.05, 0) is 64.5 Å². The van der Waals surface area contributed by atoms with Crippen molar-refractivity contribution in [3.05, 3.63) is 170 Å². The van der Waals surface area contributed by atoms with Gasteiger partial charge in [0.05, 0.1) is 33.5 Å². The third-order valence-electron chi connectivity index (χ3n) is 11.3. The highest BCUT2D eigenvalue weighted by atomic mass is 28.3. The van der Waals surface area contributed by atoms with Crippen molar-refractivity contribution in [3.63, 3.8) is 0 Å². The summed E-state index contributed by atoms with van der Waals surface area (Å²) >= 11 is 0. The van der Waals surface area contributed by atoms with Gasteiger partial charge < -0.3 is 9.13 Å². The van der Waals surface area contributed by atoms with Crippen LogP contribution in [0.3, 0.4) is 0 Å². The molecule has 250 valence electrons. The Morgan fingerprint density at radius 1 is 0.415 bits per heavy atom. The standard InChI is InChI=1S/C48H34N4Si/c1-53(2)44-24-14-11-21-37(44)46-47(53)45(49-48(50-46)32-15-5-3-6-16-32)31-25-27-34(28-26-31)52-41-23-13-10-20-36(41)39-29-38-35-19-9-12-22-40(35)51(42(38)30-43(39)52)33-17-7-4-8-18-33/h3-30H,1-2H3. The van der Waals surface area contributed by atoms with E-state index in [1.165, 1.54) is 59.5 Å². The van der Waals surface area contributed by atoms with Crippen LogP contribution in [0, 0.1) is 0 Å². The van der Waals surface area contributed by atoms with Crippen molar-refractivity contribution in [3.8, 4) is 45.3 Å². The van der Waals surface area contributed by atoms with Crippen molar-refractivity contribution in [2.75, 3.05) is 0 Å². The minimum Gasteiger partial charge on any atom is -0.309 e. The molecule has 0 saturated carbocycles. The molecule has 0 radical (unpaired) electrons. The molecule has 0 bridgehead atoms. The van der Waals surface area contributed by atoms with Gasteiger partial charge in [-0.3, -0.25) is 0 Å².